The number of nitrogens with zero attached hydrogens (tertiary/aromatic N) is 1. The van der Waals surface area contributed by atoms with Crippen LogP contribution in [0.5, 0.6) is 0 Å². The number of esters is 1. The summed E-state index contributed by atoms with van der Waals surface area (Å²) in [6.07, 6.45) is 1.84. The number of carbonyl (C=O) groups is 1. The number of hydrogen-bond donors (Lipinski definition) is 0. The van der Waals surface area contributed by atoms with Gasteiger partial charge in [0.05, 0.1) is 6.04 Å². The molecule has 0 aliphatic carbocycles. The van der Waals surface area contributed by atoms with Gasteiger partial charge in [0.2, 0.25) is 0 Å². The van der Waals surface area contributed by atoms with Crippen LogP contribution in [0.1, 0.15) is 38.8 Å². The Bertz CT molecular complexity index is 412. The molecule has 0 saturated carbocycles. The number of ether oxygens (including phenoxy) is 1. The molecule has 3 nitrogen and oxygen atoms in total. The van der Waals surface area contributed by atoms with Crippen LogP contribution in [0, 0.1) is 0 Å². The largest absolute Gasteiger partial charge is 0.457 e. The third-order valence-corrected chi connectivity index (χ3v) is 3.54. The Labute approximate surface area is 122 Å². The van der Waals surface area contributed by atoms with Crippen LogP contribution in [0.15, 0.2) is 43.0 Å². The van der Waals surface area contributed by atoms with Gasteiger partial charge in [0, 0.05) is 6.08 Å². The second-order valence-corrected chi connectivity index (χ2v) is 4.66. The molecule has 0 saturated heterocycles. The maximum absolute atomic E-state index is 11.6. The van der Waals surface area contributed by atoms with Gasteiger partial charge in [-0.2, -0.15) is 0 Å². The monoisotopic (exact) mass is 275 g/mol. The van der Waals surface area contributed by atoms with Crippen LogP contribution in [-0.2, 0) is 9.53 Å². The van der Waals surface area contributed by atoms with Crippen LogP contribution in [-0.4, -0.2) is 30.1 Å². The van der Waals surface area contributed by atoms with Crippen LogP contribution in [0.3, 0.4) is 0 Å². The zero-order valence-electron chi connectivity index (χ0n) is 12.7. The summed E-state index contributed by atoms with van der Waals surface area (Å²) in [6.45, 7) is 11.6. The van der Waals surface area contributed by atoms with Crippen molar-refractivity contribution >= 4 is 5.97 Å². The third-order valence-electron chi connectivity index (χ3n) is 3.54. The van der Waals surface area contributed by atoms with E-state index in [-0.39, 0.29) is 18.1 Å². The summed E-state index contributed by atoms with van der Waals surface area (Å²) < 4.78 is 5.55. The molecule has 1 rings (SSSR count). The molecular weight excluding hydrogens is 250 g/mol. The van der Waals surface area contributed by atoms with Crippen LogP contribution in [0.25, 0.3) is 0 Å². The van der Waals surface area contributed by atoms with Gasteiger partial charge in [-0.25, -0.2) is 4.79 Å². The second-order valence-electron chi connectivity index (χ2n) is 4.66. The lowest BCUT2D eigenvalue weighted by molar-refractivity contribution is -0.147. The van der Waals surface area contributed by atoms with Crippen molar-refractivity contribution in [2.75, 3.05) is 13.1 Å². The second kappa shape index (κ2) is 8.54. The predicted molar refractivity (Wildman–Crippen MR) is 82.5 cm³/mol. The fraction of sp³-hybridized carbons (Fsp3) is 0.471. The van der Waals surface area contributed by atoms with Gasteiger partial charge in [-0.05, 0) is 25.1 Å². The van der Waals surface area contributed by atoms with Gasteiger partial charge in [0.1, 0.15) is 6.10 Å². The number of hydrogen-bond acceptors (Lipinski definition) is 3. The van der Waals surface area contributed by atoms with Crippen LogP contribution >= 0.6 is 0 Å². The van der Waals surface area contributed by atoms with E-state index in [4.69, 9.17) is 4.74 Å². The van der Waals surface area contributed by atoms with Gasteiger partial charge < -0.3 is 4.74 Å². The van der Waals surface area contributed by atoms with Crippen molar-refractivity contribution < 1.29 is 9.53 Å². The maximum Gasteiger partial charge on any atom is 0.330 e. The van der Waals surface area contributed by atoms with E-state index >= 15 is 0 Å². The highest BCUT2D eigenvalue weighted by Crippen LogP contribution is 2.28. The fourth-order valence-corrected chi connectivity index (χ4v) is 2.50. The third kappa shape index (κ3) is 4.20. The van der Waals surface area contributed by atoms with Crippen molar-refractivity contribution in [1.29, 1.82) is 0 Å². The number of benzene rings is 1. The van der Waals surface area contributed by atoms with Crippen LogP contribution < -0.4 is 0 Å². The minimum atomic E-state index is -0.357. The smallest absolute Gasteiger partial charge is 0.330 e. The number of likely N-dealkylation sites (N-methyl/N-ethyl adjacent to an activating group) is 1. The summed E-state index contributed by atoms with van der Waals surface area (Å²) in [5.74, 6) is -0.357. The number of rotatable bonds is 8. The molecule has 1 aromatic rings. The molecule has 0 N–H and O–H groups in total. The average molecular weight is 275 g/mol. The first-order valence-electron chi connectivity index (χ1n) is 7.29. The molecule has 0 bridgehead atoms. The van der Waals surface area contributed by atoms with E-state index in [2.05, 4.69) is 37.5 Å². The van der Waals surface area contributed by atoms with Gasteiger partial charge in [-0.3, -0.25) is 4.90 Å². The highest BCUT2D eigenvalue weighted by atomic mass is 16.5. The highest BCUT2D eigenvalue weighted by Gasteiger charge is 2.28. The summed E-state index contributed by atoms with van der Waals surface area (Å²) >= 11 is 0. The van der Waals surface area contributed by atoms with E-state index in [0.29, 0.717) is 0 Å². The Morgan fingerprint density at radius 1 is 1.25 bits per heavy atom. The predicted octanol–water partition coefficient (Wildman–Crippen LogP) is 3.58. The zero-order valence-corrected chi connectivity index (χ0v) is 12.7. The van der Waals surface area contributed by atoms with E-state index < -0.39 is 0 Å². The molecule has 0 aromatic heterocycles. The molecule has 110 valence electrons. The first kappa shape index (κ1) is 16.4. The van der Waals surface area contributed by atoms with E-state index in [1.807, 2.05) is 25.1 Å². The first-order valence-corrected chi connectivity index (χ1v) is 7.29. The molecule has 0 heterocycles. The van der Waals surface area contributed by atoms with Crippen LogP contribution in [0.2, 0.25) is 0 Å². The zero-order chi connectivity index (χ0) is 15.0. The molecule has 0 aliphatic rings. The fourth-order valence-electron chi connectivity index (χ4n) is 2.50. The molecule has 0 amide bonds. The summed E-state index contributed by atoms with van der Waals surface area (Å²) in [7, 11) is 0. The van der Waals surface area contributed by atoms with Gasteiger partial charge in [-0.1, -0.05) is 57.7 Å². The molecule has 1 aromatic carbocycles. The van der Waals surface area contributed by atoms with Gasteiger partial charge in [0.25, 0.3) is 0 Å². The highest BCUT2D eigenvalue weighted by molar-refractivity contribution is 5.81. The Balaban J connectivity index is 3.07. The minimum absolute atomic E-state index is 0.0834. The summed E-state index contributed by atoms with van der Waals surface area (Å²) in [4.78, 5) is 13.9. The van der Waals surface area contributed by atoms with Crippen molar-refractivity contribution in [3.8, 4) is 0 Å². The van der Waals surface area contributed by atoms with Crippen molar-refractivity contribution in [3.05, 3.63) is 48.6 Å². The van der Waals surface area contributed by atoms with Crippen molar-refractivity contribution in [2.45, 2.75) is 39.3 Å². The normalized spacial score (nSPS) is 13.8. The lowest BCUT2D eigenvalue weighted by Gasteiger charge is -2.35. The lowest BCUT2D eigenvalue weighted by Crippen LogP contribution is -2.38. The molecule has 20 heavy (non-hydrogen) atoms. The van der Waals surface area contributed by atoms with Crippen LogP contribution in [0.4, 0.5) is 0 Å². The molecule has 0 aliphatic heterocycles. The molecule has 2 atom stereocenters. The summed E-state index contributed by atoms with van der Waals surface area (Å²) in [6, 6.07) is 10.3. The van der Waals surface area contributed by atoms with E-state index in [1.54, 1.807) is 0 Å². The molecule has 0 fully saturated rings. The SMILES string of the molecule is C=CC(=O)OC(CC)C(c1ccccc1)N(CC)CC. The van der Waals surface area contributed by atoms with Gasteiger partial charge >= 0.3 is 5.97 Å². The summed E-state index contributed by atoms with van der Waals surface area (Å²) in [5.41, 5.74) is 1.18. The quantitative estimate of drug-likeness (QED) is 0.536. The standard InChI is InChI=1S/C17H25NO2/c1-5-15(20-16(19)6-2)17(18(7-3)8-4)14-12-10-9-11-13-14/h6,9-13,15,17H,2,5,7-8H2,1,3-4H3. The topological polar surface area (TPSA) is 29.5 Å². The molecule has 0 spiro atoms. The van der Waals surface area contributed by atoms with Gasteiger partial charge in [0.15, 0.2) is 0 Å². The average Bonchev–Trinajstić information content (AvgIpc) is 2.51. The van der Waals surface area contributed by atoms with E-state index in [9.17, 15) is 4.79 Å². The number of carbonyl (C=O) groups excluding carboxylic acids is 1. The van der Waals surface area contributed by atoms with Crippen molar-refractivity contribution in [1.82, 2.24) is 4.90 Å². The Kier molecular flexibility index (Phi) is 7.02. The Morgan fingerprint density at radius 3 is 2.30 bits per heavy atom. The van der Waals surface area contributed by atoms with Crippen molar-refractivity contribution in [2.24, 2.45) is 0 Å². The first-order chi connectivity index (χ1) is 9.67. The molecule has 3 heteroatoms. The lowest BCUT2D eigenvalue weighted by atomic mass is 9.97. The minimum Gasteiger partial charge on any atom is -0.457 e. The molecule has 2 unspecified atom stereocenters. The maximum atomic E-state index is 11.6. The Morgan fingerprint density at radius 2 is 1.85 bits per heavy atom. The van der Waals surface area contributed by atoms with Crippen molar-refractivity contribution in [3.63, 3.8) is 0 Å². The molecule has 0 radical (unpaired) electrons. The molecular formula is C17H25NO2. The summed E-state index contributed by atoms with van der Waals surface area (Å²) in [5, 5.41) is 0. The van der Waals surface area contributed by atoms with E-state index in [0.717, 1.165) is 19.5 Å². The Hall–Kier alpha value is -1.61. The van der Waals surface area contributed by atoms with E-state index in [1.165, 1.54) is 11.6 Å². The van der Waals surface area contributed by atoms with Gasteiger partial charge in [-0.15, -0.1) is 0 Å².